The second kappa shape index (κ2) is 12.4. The first-order chi connectivity index (χ1) is 15.2. The molecule has 2 aliphatic heterocycles. The van der Waals surface area contributed by atoms with Crippen LogP contribution < -0.4 is 15.5 Å². The number of aliphatic imine (C=N–C) groups is 1. The first-order valence-electron chi connectivity index (χ1n) is 11.4. The van der Waals surface area contributed by atoms with Gasteiger partial charge in [-0.05, 0) is 67.3 Å². The van der Waals surface area contributed by atoms with Crippen molar-refractivity contribution in [2.24, 2.45) is 4.99 Å². The number of carbonyl (C=O) groups is 1. The van der Waals surface area contributed by atoms with Gasteiger partial charge in [-0.25, -0.2) is 0 Å². The number of halogens is 1. The van der Waals surface area contributed by atoms with Crippen LogP contribution in [0.2, 0.25) is 0 Å². The van der Waals surface area contributed by atoms with Crippen LogP contribution in [0.5, 0.6) is 0 Å². The highest BCUT2D eigenvalue weighted by atomic mass is 127. The van der Waals surface area contributed by atoms with E-state index in [0.29, 0.717) is 12.6 Å². The molecule has 2 aromatic rings. The summed E-state index contributed by atoms with van der Waals surface area (Å²) in [6.07, 6.45) is 5.68. The van der Waals surface area contributed by atoms with E-state index in [1.165, 1.54) is 11.4 Å². The Labute approximate surface area is 212 Å². The molecule has 174 valence electrons. The van der Waals surface area contributed by atoms with E-state index in [-0.39, 0.29) is 29.9 Å². The molecule has 1 aromatic heterocycles. The molecule has 0 bridgehead atoms. The second-order valence-corrected chi connectivity index (χ2v) is 9.26. The molecule has 6 nitrogen and oxygen atoms in total. The molecular weight excluding hydrogens is 533 g/mol. The molecule has 2 saturated heterocycles. The predicted molar refractivity (Wildman–Crippen MR) is 144 cm³/mol. The van der Waals surface area contributed by atoms with Crippen LogP contribution in [0.1, 0.15) is 48.0 Å². The number of anilines is 1. The van der Waals surface area contributed by atoms with E-state index in [2.05, 4.69) is 38.0 Å². The molecule has 0 aliphatic carbocycles. The lowest BCUT2D eigenvalue weighted by Gasteiger charge is -2.33. The highest BCUT2D eigenvalue weighted by molar-refractivity contribution is 14.0. The number of likely N-dealkylation sites (tertiary alicyclic amines) is 1. The van der Waals surface area contributed by atoms with Gasteiger partial charge in [0.25, 0.3) is 5.91 Å². The van der Waals surface area contributed by atoms with Gasteiger partial charge in [0.2, 0.25) is 0 Å². The quantitative estimate of drug-likeness (QED) is 0.321. The van der Waals surface area contributed by atoms with Crippen LogP contribution in [0.3, 0.4) is 0 Å². The van der Waals surface area contributed by atoms with E-state index in [9.17, 15) is 4.79 Å². The Kier molecular flexibility index (Phi) is 9.65. The van der Waals surface area contributed by atoms with Gasteiger partial charge in [0.1, 0.15) is 0 Å². The number of amides is 1. The van der Waals surface area contributed by atoms with Crippen molar-refractivity contribution in [1.82, 2.24) is 15.5 Å². The van der Waals surface area contributed by atoms with Gasteiger partial charge in [-0.1, -0.05) is 12.1 Å². The van der Waals surface area contributed by atoms with E-state index in [4.69, 9.17) is 0 Å². The smallest absolute Gasteiger partial charge is 0.253 e. The van der Waals surface area contributed by atoms with Crippen LogP contribution in [0.4, 0.5) is 5.00 Å². The van der Waals surface area contributed by atoms with Gasteiger partial charge in [0, 0.05) is 51.4 Å². The molecule has 8 heteroatoms. The maximum atomic E-state index is 12.6. The molecule has 0 saturated carbocycles. The number of hydrogen-bond donors (Lipinski definition) is 2. The molecular formula is C24H34IN5OS. The minimum atomic E-state index is 0. The van der Waals surface area contributed by atoms with Crippen molar-refractivity contribution >= 4 is 52.2 Å². The van der Waals surface area contributed by atoms with Crippen molar-refractivity contribution in [2.45, 2.75) is 44.7 Å². The van der Waals surface area contributed by atoms with Crippen LogP contribution in [-0.2, 0) is 6.54 Å². The summed E-state index contributed by atoms with van der Waals surface area (Å²) in [6, 6.07) is 12.7. The van der Waals surface area contributed by atoms with Crippen molar-refractivity contribution in [1.29, 1.82) is 0 Å². The predicted octanol–water partition coefficient (Wildman–Crippen LogP) is 4.33. The Morgan fingerprint density at radius 1 is 1.06 bits per heavy atom. The first kappa shape index (κ1) is 24.8. The van der Waals surface area contributed by atoms with E-state index in [0.717, 1.165) is 68.9 Å². The summed E-state index contributed by atoms with van der Waals surface area (Å²) in [6.45, 7) is 4.60. The minimum absolute atomic E-state index is 0. The average Bonchev–Trinajstić information content (AvgIpc) is 3.38. The maximum absolute atomic E-state index is 12.6. The SMILES string of the molecule is CN=C(NCc1ccc(C(=O)N2CCCCC2)cc1)NC1CCN(c2cccs2)CC1.I. The monoisotopic (exact) mass is 567 g/mol. The highest BCUT2D eigenvalue weighted by Crippen LogP contribution is 2.24. The minimum Gasteiger partial charge on any atom is -0.363 e. The van der Waals surface area contributed by atoms with Gasteiger partial charge < -0.3 is 20.4 Å². The Hall–Kier alpha value is -1.81. The van der Waals surface area contributed by atoms with Crippen molar-refractivity contribution < 1.29 is 4.79 Å². The molecule has 0 unspecified atom stereocenters. The van der Waals surface area contributed by atoms with Gasteiger partial charge in [0.05, 0.1) is 5.00 Å². The zero-order valence-electron chi connectivity index (χ0n) is 18.8. The Balaban J connectivity index is 0.00000289. The average molecular weight is 568 g/mol. The van der Waals surface area contributed by atoms with Gasteiger partial charge in [-0.3, -0.25) is 9.79 Å². The number of carbonyl (C=O) groups excluding carboxylic acids is 1. The summed E-state index contributed by atoms with van der Waals surface area (Å²) in [5.41, 5.74) is 1.93. The van der Waals surface area contributed by atoms with Gasteiger partial charge >= 0.3 is 0 Å². The summed E-state index contributed by atoms with van der Waals surface area (Å²) in [4.78, 5) is 21.5. The van der Waals surface area contributed by atoms with Crippen molar-refractivity contribution in [3.63, 3.8) is 0 Å². The molecule has 32 heavy (non-hydrogen) atoms. The normalized spacial score (nSPS) is 17.6. The third-order valence-electron chi connectivity index (χ3n) is 6.18. The van der Waals surface area contributed by atoms with Crippen molar-refractivity contribution in [3.8, 4) is 0 Å². The molecule has 3 heterocycles. The molecule has 1 aromatic carbocycles. The van der Waals surface area contributed by atoms with Crippen LogP contribution >= 0.6 is 35.3 Å². The number of nitrogens with zero attached hydrogens (tertiary/aromatic N) is 3. The number of nitrogens with one attached hydrogen (secondary N) is 2. The number of rotatable bonds is 5. The maximum Gasteiger partial charge on any atom is 0.253 e. The summed E-state index contributed by atoms with van der Waals surface area (Å²) in [5.74, 6) is 0.994. The molecule has 0 radical (unpaired) electrons. The molecule has 1 amide bonds. The molecule has 0 spiro atoms. The Morgan fingerprint density at radius 2 is 1.78 bits per heavy atom. The third kappa shape index (κ3) is 6.60. The van der Waals surface area contributed by atoms with Crippen LogP contribution in [-0.4, -0.2) is 56.0 Å². The number of benzene rings is 1. The lowest BCUT2D eigenvalue weighted by Crippen LogP contribution is -2.48. The van der Waals surface area contributed by atoms with Gasteiger partial charge in [-0.2, -0.15) is 0 Å². The standard InChI is InChI=1S/C24H33N5OS.HI/c1-25-24(27-21-11-15-28(16-12-21)22-6-5-17-31-22)26-18-19-7-9-20(10-8-19)23(30)29-13-3-2-4-14-29;/h5-10,17,21H,2-4,11-16,18H2,1H3,(H2,25,26,27);1H. The number of hydrogen-bond acceptors (Lipinski definition) is 4. The molecule has 4 rings (SSSR count). The summed E-state index contributed by atoms with van der Waals surface area (Å²) >= 11 is 1.81. The number of piperidine rings is 2. The molecule has 2 N–H and O–H groups in total. The molecule has 2 aliphatic rings. The Morgan fingerprint density at radius 3 is 2.41 bits per heavy atom. The largest absolute Gasteiger partial charge is 0.363 e. The van der Waals surface area contributed by atoms with Crippen LogP contribution in [0, 0.1) is 0 Å². The fraction of sp³-hybridized carbons (Fsp3) is 0.500. The van der Waals surface area contributed by atoms with Gasteiger partial charge in [-0.15, -0.1) is 35.3 Å². The zero-order valence-corrected chi connectivity index (χ0v) is 21.9. The topological polar surface area (TPSA) is 60.0 Å². The zero-order chi connectivity index (χ0) is 21.5. The van der Waals surface area contributed by atoms with E-state index < -0.39 is 0 Å². The third-order valence-corrected chi connectivity index (χ3v) is 7.11. The molecule has 2 fully saturated rings. The Bertz CT molecular complexity index is 857. The number of guanidine groups is 1. The van der Waals surface area contributed by atoms with E-state index in [1.807, 2.05) is 47.5 Å². The highest BCUT2D eigenvalue weighted by Gasteiger charge is 2.21. The van der Waals surface area contributed by atoms with Crippen LogP contribution in [0.25, 0.3) is 0 Å². The summed E-state index contributed by atoms with van der Waals surface area (Å²) < 4.78 is 0. The second-order valence-electron chi connectivity index (χ2n) is 8.33. The summed E-state index contributed by atoms with van der Waals surface area (Å²) in [5, 5.41) is 10.5. The lowest BCUT2D eigenvalue weighted by atomic mass is 10.1. The van der Waals surface area contributed by atoms with E-state index >= 15 is 0 Å². The number of thiophene rings is 1. The fourth-order valence-corrected chi connectivity index (χ4v) is 5.10. The van der Waals surface area contributed by atoms with Crippen molar-refractivity contribution in [2.75, 3.05) is 38.1 Å². The fourth-order valence-electron chi connectivity index (χ4n) is 4.31. The van der Waals surface area contributed by atoms with Crippen molar-refractivity contribution in [3.05, 3.63) is 52.9 Å². The van der Waals surface area contributed by atoms with Crippen LogP contribution in [0.15, 0.2) is 46.8 Å². The molecule has 0 atom stereocenters. The lowest BCUT2D eigenvalue weighted by molar-refractivity contribution is 0.0724. The van der Waals surface area contributed by atoms with Gasteiger partial charge in [0.15, 0.2) is 5.96 Å². The summed E-state index contributed by atoms with van der Waals surface area (Å²) in [7, 11) is 1.82. The van der Waals surface area contributed by atoms with E-state index in [1.54, 1.807) is 0 Å². The first-order valence-corrected chi connectivity index (χ1v) is 12.2.